The Kier molecular flexibility index (Phi) is 4.37. The summed E-state index contributed by atoms with van der Waals surface area (Å²) in [7, 11) is 0. The second kappa shape index (κ2) is 5.68. The second-order valence-corrected chi connectivity index (χ2v) is 5.18. The van der Waals surface area contributed by atoms with Crippen LogP contribution in [0.5, 0.6) is 5.75 Å². The fraction of sp³-hybridized carbons (Fsp3) is 0.500. The molecule has 1 aliphatic rings. The summed E-state index contributed by atoms with van der Waals surface area (Å²) in [5.74, 6) is -0.296. The fourth-order valence-corrected chi connectivity index (χ4v) is 2.36. The molecule has 0 bridgehead atoms. The van der Waals surface area contributed by atoms with Crippen LogP contribution in [0.15, 0.2) is 22.7 Å². The van der Waals surface area contributed by atoms with Gasteiger partial charge >= 0.3 is 6.36 Å². The predicted octanol–water partition coefficient (Wildman–Crippen LogP) is 3.56. The van der Waals surface area contributed by atoms with Gasteiger partial charge in [0.1, 0.15) is 5.75 Å². The van der Waals surface area contributed by atoms with Crippen molar-refractivity contribution in [1.82, 2.24) is 0 Å². The van der Waals surface area contributed by atoms with E-state index in [4.69, 9.17) is 4.74 Å². The van der Waals surface area contributed by atoms with Gasteiger partial charge < -0.3 is 14.6 Å². The van der Waals surface area contributed by atoms with Crippen molar-refractivity contribution in [2.75, 3.05) is 6.61 Å². The number of hydrogen-bond donors (Lipinski definition) is 1. The van der Waals surface area contributed by atoms with Crippen LogP contribution in [0.1, 0.15) is 24.5 Å². The first-order chi connectivity index (χ1) is 8.85. The van der Waals surface area contributed by atoms with Crippen molar-refractivity contribution in [1.29, 1.82) is 0 Å². The van der Waals surface area contributed by atoms with Crippen molar-refractivity contribution >= 4 is 15.9 Å². The van der Waals surface area contributed by atoms with Crippen molar-refractivity contribution in [2.24, 2.45) is 0 Å². The Bertz CT molecular complexity index is 450. The Morgan fingerprint density at radius 1 is 1.37 bits per heavy atom. The number of aliphatic hydroxyl groups is 1. The largest absolute Gasteiger partial charge is 0.573 e. The van der Waals surface area contributed by atoms with Crippen LogP contribution in [0.2, 0.25) is 0 Å². The SMILES string of the molecule is OC1CCOC(c2cc(Br)ccc2OC(F)(F)F)C1. The molecule has 0 saturated carbocycles. The standard InChI is InChI=1S/C12H12BrF3O3/c13-7-1-2-10(19-12(14,15)16)9(5-7)11-6-8(17)3-4-18-11/h1-2,5,8,11,17H,3-4,6H2. The van der Waals surface area contributed by atoms with Crippen LogP contribution in [0.4, 0.5) is 13.2 Å². The first-order valence-electron chi connectivity index (χ1n) is 5.70. The zero-order valence-corrected chi connectivity index (χ0v) is 11.4. The van der Waals surface area contributed by atoms with Gasteiger partial charge in [0.2, 0.25) is 0 Å². The summed E-state index contributed by atoms with van der Waals surface area (Å²) in [5.41, 5.74) is 0.283. The number of hydrogen-bond acceptors (Lipinski definition) is 3. The zero-order valence-electron chi connectivity index (χ0n) is 9.78. The molecule has 1 aromatic carbocycles. The van der Waals surface area contributed by atoms with E-state index in [0.29, 0.717) is 17.5 Å². The minimum atomic E-state index is -4.75. The lowest BCUT2D eigenvalue weighted by atomic mass is 9.99. The number of alkyl halides is 3. The first kappa shape index (κ1) is 14.6. The summed E-state index contributed by atoms with van der Waals surface area (Å²) < 4.78 is 47.1. The van der Waals surface area contributed by atoms with E-state index in [2.05, 4.69) is 20.7 Å². The molecule has 2 rings (SSSR count). The van der Waals surface area contributed by atoms with E-state index >= 15 is 0 Å². The van der Waals surface area contributed by atoms with E-state index in [9.17, 15) is 18.3 Å². The molecule has 0 spiro atoms. The molecule has 19 heavy (non-hydrogen) atoms. The van der Waals surface area contributed by atoms with Crippen molar-refractivity contribution in [3.05, 3.63) is 28.2 Å². The highest BCUT2D eigenvalue weighted by Gasteiger charge is 2.34. The molecular formula is C12H12BrF3O3. The minimum Gasteiger partial charge on any atom is -0.405 e. The van der Waals surface area contributed by atoms with E-state index in [1.54, 1.807) is 0 Å². The smallest absolute Gasteiger partial charge is 0.405 e. The van der Waals surface area contributed by atoms with Gasteiger partial charge in [-0.15, -0.1) is 13.2 Å². The number of benzene rings is 1. The molecule has 2 unspecified atom stereocenters. The van der Waals surface area contributed by atoms with E-state index in [1.165, 1.54) is 18.2 Å². The topological polar surface area (TPSA) is 38.7 Å². The third-order valence-electron chi connectivity index (χ3n) is 2.80. The molecule has 0 aromatic heterocycles. The molecule has 1 saturated heterocycles. The van der Waals surface area contributed by atoms with Gasteiger partial charge in [0.25, 0.3) is 0 Å². The predicted molar refractivity (Wildman–Crippen MR) is 64.8 cm³/mol. The molecule has 3 nitrogen and oxygen atoms in total. The third kappa shape index (κ3) is 4.09. The van der Waals surface area contributed by atoms with Crippen LogP contribution < -0.4 is 4.74 Å². The van der Waals surface area contributed by atoms with E-state index in [0.717, 1.165) is 0 Å². The Morgan fingerprint density at radius 2 is 2.11 bits per heavy atom. The molecule has 0 amide bonds. The van der Waals surface area contributed by atoms with Crippen LogP contribution in [0.3, 0.4) is 0 Å². The van der Waals surface area contributed by atoms with Gasteiger partial charge in [0.05, 0.1) is 12.2 Å². The Labute approximate surface area is 116 Å². The van der Waals surface area contributed by atoms with E-state index in [1.807, 2.05) is 0 Å². The summed E-state index contributed by atoms with van der Waals surface area (Å²) in [5, 5.41) is 9.58. The molecule has 1 aromatic rings. The van der Waals surface area contributed by atoms with Gasteiger partial charge in [-0.2, -0.15) is 0 Å². The molecule has 1 heterocycles. The van der Waals surface area contributed by atoms with E-state index in [-0.39, 0.29) is 17.7 Å². The maximum atomic E-state index is 12.3. The highest BCUT2D eigenvalue weighted by molar-refractivity contribution is 9.10. The van der Waals surface area contributed by atoms with Crippen LogP contribution in [0.25, 0.3) is 0 Å². The molecule has 7 heteroatoms. The molecular weight excluding hydrogens is 329 g/mol. The first-order valence-corrected chi connectivity index (χ1v) is 6.49. The number of aliphatic hydroxyl groups excluding tert-OH is 1. The molecule has 1 N–H and O–H groups in total. The normalized spacial score (nSPS) is 24.3. The van der Waals surface area contributed by atoms with Crippen molar-refractivity contribution in [3.63, 3.8) is 0 Å². The summed E-state index contributed by atoms with van der Waals surface area (Å²) in [6.45, 7) is 0.309. The molecule has 106 valence electrons. The quantitative estimate of drug-likeness (QED) is 0.894. The highest BCUT2D eigenvalue weighted by atomic mass is 79.9. The van der Waals surface area contributed by atoms with Crippen molar-refractivity contribution in [2.45, 2.75) is 31.4 Å². The van der Waals surface area contributed by atoms with Gasteiger partial charge in [-0.1, -0.05) is 15.9 Å². The molecule has 0 radical (unpaired) electrons. The lowest BCUT2D eigenvalue weighted by Crippen LogP contribution is -2.25. The molecule has 2 atom stereocenters. The fourth-order valence-electron chi connectivity index (χ4n) is 1.98. The van der Waals surface area contributed by atoms with Crippen LogP contribution in [-0.2, 0) is 4.74 Å². The lowest BCUT2D eigenvalue weighted by Gasteiger charge is -2.28. The highest BCUT2D eigenvalue weighted by Crippen LogP contribution is 2.37. The molecule has 1 fully saturated rings. The van der Waals surface area contributed by atoms with E-state index < -0.39 is 18.6 Å². The van der Waals surface area contributed by atoms with Gasteiger partial charge in [0.15, 0.2) is 0 Å². The van der Waals surface area contributed by atoms with Crippen LogP contribution >= 0.6 is 15.9 Å². The summed E-state index contributed by atoms with van der Waals surface area (Å²) in [6.07, 6.45) is -5.18. The zero-order chi connectivity index (χ0) is 14.0. The van der Waals surface area contributed by atoms with Crippen LogP contribution in [-0.4, -0.2) is 24.2 Å². The second-order valence-electron chi connectivity index (χ2n) is 4.27. The van der Waals surface area contributed by atoms with Gasteiger partial charge in [0, 0.05) is 23.1 Å². The summed E-state index contributed by atoms with van der Waals surface area (Å²) >= 11 is 3.20. The number of halogens is 4. The summed E-state index contributed by atoms with van der Waals surface area (Å²) in [6, 6.07) is 4.21. The number of ether oxygens (including phenoxy) is 2. The number of rotatable bonds is 2. The van der Waals surface area contributed by atoms with Crippen LogP contribution in [0, 0.1) is 0 Å². The Morgan fingerprint density at radius 3 is 2.74 bits per heavy atom. The Hall–Kier alpha value is -0.790. The molecule has 1 aliphatic heterocycles. The Balaban J connectivity index is 2.28. The van der Waals surface area contributed by atoms with Crippen molar-refractivity contribution < 1.29 is 27.8 Å². The average Bonchev–Trinajstić information content (AvgIpc) is 2.30. The summed E-state index contributed by atoms with van der Waals surface area (Å²) in [4.78, 5) is 0. The monoisotopic (exact) mass is 340 g/mol. The maximum Gasteiger partial charge on any atom is 0.573 e. The lowest BCUT2D eigenvalue weighted by molar-refractivity contribution is -0.275. The maximum absolute atomic E-state index is 12.3. The average molecular weight is 341 g/mol. The van der Waals surface area contributed by atoms with Gasteiger partial charge in [-0.05, 0) is 24.6 Å². The minimum absolute atomic E-state index is 0.255. The van der Waals surface area contributed by atoms with Gasteiger partial charge in [-0.3, -0.25) is 0 Å². The van der Waals surface area contributed by atoms with Gasteiger partial charge in [-0.25, -0.2) is 0 Å². The molecule has 0 aliphatic carbocycles. The van der Waals surface area contributed by atoms with Crippen molar-refractivity contribution in [3.8, 4) is 5.75 Å². The third-order valence-corrected chi connectivity index (χ3v) is 3.29.